The molecule has 2 heterocycles. The number of ether oxygens (including phenoxy) is 1. The van der Waals surface area contributed by atoms with E-state index in [1.54, 1.807) is 0 Å². The lowest BCUT2D eigenvalue weighted by Crippen LogP contribution is -2.24. The zero-order valence-corrected chi connectivity index (χ0v) is 13.7. The summed E-state index contributed by atoms with van der Waals surface area (Å²) >= 11 is 5.71. The van der Waals surface area contributed by atoms with Gasteiger partial charge in [0.15, 0.2) is 0 Å². The molecule has 3 rings (SSSR count). The van der Waals surface area contributed by atoms with E-state index in [0.29, 0.717) is 0 Å². The Kier molecular flexibility index (Phi) is 4.12. The van der Waals surface area contributed by atoms with Crippen molar-refractivity contribution in [2.24, 2.45) is 0 Å². The summed E-state index contributed by atoms with van der Waals surface area (Å²) in [7, 11) is 1.45. The summed E-state index contributed by atoms with van der Waals surface area (Å²) in [5.41, 5.74) is 4.29. The molecule has 22 heavy (non-hydrogen) atoms. The molecule has 1 unspecified atom stereocenters. The Labute approximate surface area is 135 Å². The van der Waals surface area contributed by atoms with Crippen molar-refractivity contribution in [2.75, 3.05) is 7.11 Å². The minimum atomic E-state index is -0.174. The van der Waals surface area contributed by atoms with Crippen LogP contribution in [0.3, 0.4) is 0 Å². The molecule has 0 N–H and O–H groups in total. The van der Waals surface area contributed by atoms with Gasteiger partial charge in [-0.2, -0.15) is 0 Å². The third-order valence-electron chi connectivity index (χ3n) is 4.35. The molecule has 0 saturated carbocycles. The van der Waals surface area contributed by atoms with Crippen LogP contribution in [0, 0.1) is 6.92 Å². The number of hydrogen-bond acceptors (Lipinski definition) is 3. The molecule has 3 nitrogen and oxygen atoms in total. The van der Waals surface area contributed by atoms with Crippen molar-refractivity contribution in [3.8, 4) is 0 Å². The van der Waals surface area contributed by atoms with Crippen LogP contribution in [0.1, 0.15) is 41.3 Å². The molecule has 4 heteroatoms. The number of carbonyl (C=O) groups is 1. The van der Waals surface area contributed by atoms with Gasteiger partial charge in [-0.15, -0.1) is 0 Å². The third-order valence-corrected chi connectivity index (χ3v) is 4.78. The summed E-state index contributed by atoms with van der Waals surface area (Å²) in [5.74, 6) is -0.334. The van der Waals surface area contributed by atoms with Gasteiger partial charge in [0.05, 0.1) is 23.6 Å². The number of methoxy groups -OCH3 is 1. The molecule has 1 atom stereocenters. The number of thiocarbonyl (C=S) groups is 1. The monoisotopic (exact) mass is 313 g/mol. The highest BCUT2D eigenvalue weighted by molar-refractivity contribution is 7.81. The molecule has 1 aliphatic rings. The molecule has 1 aromatic carbocycles. The van der Waals surface area contributed by atoms with Crippen LogP contribution in [0.2, 0.25) is 0 Å². The first-order chi connectivity index (χ1) is 10.6. The molecule has 1 aliphatic heterocycles. The largest absolute Gasteiger partial charge is 0.469 e. The minimum Gasteiger partial charge on any atom is -0.469 e. The maximum atomic E-state index is 12.0. The van der Waals surface area contributed by atoms with Gasteiger partial charge in [0, 0.05) is 12.2 Å². The van der Waals surface area contributed by atoms with Gasteiger partial charge < -0.3 is 9.30 Å². The Hall–Kier alpha value is -1.94. The molecular weight excluding hydrogens is 294 g/mol. The molecule has 2 aromatic rings. The van der Waals surface area contributed by atoms with Gasteiger partial charge in [0.25, 0.3) is 0 Å². The van der Waals surface area contributed by atoms with E-state index in [1.165, 1.54) is 12.7 Å². The first-order valence-electron chi connectivity index (χ1n) is 7.51. The number of carbonyl (C=O) groups excluding carboxylic acids is 1. The average Bonchev–Trinajstić information content (AvgIpc) is 2.98. The minimum absolute atomic E-state index is 0.160. The van der Waals surface area contributed by atoms with Gasteiger partial charge in [-0.05, 0) is 43.0 Å². The van der Waals surface area contributed by atoms with Gasteiger partial charge in [-0.25, -0.2) is 0 Å². The molecule has 0 saturated heterocycles. The van der Waals surface area contributed by atoms with Crippen molar-refractivity contribution in [1.29, 1.82) is 0 Å². The Bertz CT molecular complexity index is 732. The summed E-state index contributed by atoms with van der Waals surface area (Å²) in [5, 5.41) is 0. The van der Waals surface area contributed by atoms with E-state index < -0.39 is 0 Å². The second kappa shape index (κ2) is 6.05. The number of rotatable bonds is 3. The number of nitrogens with zero attached hydrogens (tertiary/aromatic N) is 1. The zero-order chi connectivity index (χ0) is 15.7. The molecule has 1 aromatic heterocycles. The van der Waals surface area contributed by atoms with E-state index in [0.717, 1.165) is 41.2 Å². The van der Waals surface area contributed by atoms with E-state index in [-0.39, 0.29) is 11.9 Å². The summed E-state index contributed by atoms with van der Waals surface area (Å²) in [6.45, 7) is 2.97. The Morgan fingerprint density at radius 3 is 2.77 bits per heavy atom. The van der Waals surface area contributed by atoms with Crippen LogP contribution in [-0.4, -0.2) is 22.5 Å². The van der Waals surface area contributed by atoms with Crippen molar-refractivity contribution in [3.05, 3.63) is 58.9 Å². The molecule has 0 fully saturated rings. The fraction of sp³-hybridized carbons (Fsp3) is 0.333. The van der Waals surface area contributed by atoms with E-state index in [1.807, 2.05) is 24.3 Å². The highest BCUT2D eigenvalue weighted by Crippen LogP contribution is 2.31. The standard InChI is InChI=1S/C18H19NO2S/c1-12-6-3-4-7-13(12)17(22)16-10-9-15-14(18(20)21-2)8-5-11-19(15)16/h3-4,6-7,9-10,14H,5,8,11H2,1-2H3. The second-order valence-electron chi connectivity index (χ2n) is 5.66. The first-order valence-corrected chi connectivity index (χ1v) is 7.92. The van der Waals surface area contributed by atoms with Crippen LogP contribution in [0.5, 0.6) is 0 Å². The van der Waals surface area contributed by atoms with Gasteiger partial charge in [-0.3, -0.25) is 4.79 Å². The number of aromatic nitrogens is 1. The van der Waals surface area contributed by atoms with Crippen LogP contribution in [0.15, 0.2) is 36.4 Å². The maximum absolute atomic E-state index is 12.0. The second-order valence-corrected chi connectivity index (χ2v) is 6.07. The van der Waals surface area contributed by atoms with Crippen molar-refractivity contribution < 1.29 is 9.53 Å². The lowest BCUT2D eigenvalue weighted by molar-refractivity contribution is -0.143. The Morgan fingerprint density at radius 1 is 1.27 bits per heavy atom. The first kappa shape index (κ1) is 15.0. The van der Waals surface area contributed by atoms with Gasteiger partial charge in [0.1, 0.15) is 0 Å². The van der Waals surface area contributed by atoms with Crippen molar-refractivity contribution in [1.82, 2.24) is 4.57 Å². The number of fused-ring (bicyclic) bond motifs is 1. The quantitative estimate of drug-likeness (QED) is 0.493. The van der Waals surface area contributed by atoms with Crippen LogP contribution in [-0.2, 0) is 16.1 Å². The Balaban J connectivity index is 2.01. The lowest BCUT2D eigenvalue weighted by atomic mass is 9.96. The van der Waals surface area contributed by atoms with Crippen LogP contribution in [0.4, 0.5) is 0 Å². The lowest BCUT2D eigenvalue weighted by Gasteiger charge is -2.25. The van der Waals surface area contributed by atoms with Crippen LogP contribution >= 0.6 is 12.2 Å². The van der Waals surface area contributed by atoms with E-state index in [4.69, 9.17) is 17.0 Å². The van der Waals surface area contributed by atoms with Crippen molar-refractivity contribution in [3.63, 3.8) is 0 Å². The zero-order valence-electron chi connectivity index (χ0n) is 12.8. The summed E-state index contributed by atoms with van der Waals surface area (Å²) in [4.78, 5) is 12.8. The predicted molar refractivity (Wildman–Crippen MR) is 90.4 cm³/mol. The number of hydrogen-bond donors (Lipinski definition) is 0. The summed E-state index contributed by atoms with van der Waals surface area (Å²) in [6, 6.07) is 12.2. The van der Waals surface area contributed by atoms with Crippen LogP contribution in [0.25, 0.3) is 0 Å². The normalized spacial score (nSPS) is 16.9. The molecule has 0 radical (unpaired) electrons. The smallest absolute Gasteiger partial charge is 0.314 e. The molecule has 0 aliphatic carbocycles. The summed E-state index contributed by atoms with van der Waals surface area (Å²) < 4.78 is 7.12. The van der Waals surface area contributed by atoms with E-state index in [9.17, 15) is 4.79 Å². The Morgan fingerprint density at radius 2 is 2.05 bits per heavy atom. The molecule has 114 valence electrons. The van der Waals surface area contributed by atoms with Crippen LogP contribution < -0.4 is 0 Å². The fourth-order valence-corrected chi connectivity index (χ4v) is 3.59. The molecule has 0 bridgehead atoms. The van der Waals surface area contributed by atoms with E-state index in [2.05, 4.69) is 23.6 Å². The highest BCUT2D eigenvalue weighted by atomic mass is 32.1. The maximum Gasteiger partial charge on any atom is 0.314 e. The van der Waals surface area contributed by atoms with Crippen molar-refractivity contribution >= 4 is 23.1 Å². The van der Waals surface area contributed by atoms with Gasteiger partial charge in [-0.1, -0.05) is 36.5 Å². The summed E-state index contributed by atoms with van der Waals surface area (Å²) in [6.07, 6.45) is 1.80. The van der Waals surface area contributed by atoms with E-state index >= 15 is 0 Å². The number of esters is 1. The van der Waals surface area contributed by atoms with Crippen molar-refractivity contribution in [2.45, 2.75) is 32.2 Å². The van der Waals surface area contributed by atoms with Gasteiger partial charge in [0.2, 0.25) is 0 Å². The third kappa shape index (κ3) is 2.48. The molecule has 0 amide bonds. The van der Waals surface area contributed by atoms with Gasteiger partial charge >= 0.3 is 5.97 Å². The average molecular weight is 313 g/mol. The molecular formula is C18H19NO2S. The number of aryl methyl sites for hydroxylation is 1. The molecule has 0 spiro atoms. The fourth-order valence-electron chi connectivity index (χ4n) is 3.18. The number of benzene rings is 1. The highest BCUT2D eigenvalue weighted by Gasteiger charge is 2.29. The predicted octanol–water partition coefficient (Wildman–Crippen LogP) is 3.61. The SMILES string of the molecule is COC(=O)C1CCCn2c(C(=S)c3ccccc3C)ccc21. The topological polar surface area (TPSA) is 31.2 Å².